The second-order valence-electron chi connectivity index (χ2n) is 3.75. The Morgan fingerprint density at radius 3 is 2.44 bits per heavy atom. The zero-order valence-corrected chi connectivity index (χ0v) is 8.46. The number of aliphatic hydroxyl groups excluding tert-OH is 1. The number of halogens is 3. The van der Waals surface area contributed by atoms with Crippen molar-refractivity contribution in [1.82, 2.24) is 0 Å². The molecular weight excluding hydrogens is 217 g/mol. The van der Waals surface area contributed by atoms with Gasteiger partial charge in [-0.15, -0.1) is 0 Å². The van der Waals surface area contributed by atoms with Crippen molar-refractivity contribution < 1.29 is 18.3 Å². The third-order valence-electron chi connectivity index (χ3n) is 2.66. The number of hydrogen-bond donors (Lipinski definition) is 1. The van der Waals surface area contributed by atoms with Gasteiger partial charge in [0, 0.05) is 0 Å². The lowest BCUT2D eigenvalue weighted by Gasteiger charge is -2.18. The standard InChI is InChI=1S/C12H11F3O/c13-12(14,15)11(16)10-7-3-6-9(10)8-4-1-2-5-8/h1,4-7,11,16H,2-3H2/t11-/m1/s1. The maximum Gasteiger partial charge on any atom is 0.418 e. The van der Waals surface area contributed by atoms with E-state index in [1.807, 2.05) is 12.2 Å². The summed E-state index contributed by atoms with van der Waals surface area (Å²) in [5, 5.41) is 9.23. The molecule has 1 nitrogen and oxygen atoms in total. The predicted molar refractivity (Wildman–Crippen MR) is 54.7 cm³/mol. The summed E-state index contributed by atoms with van der Waals surface area (Å²) in [6, 6.07) is 0. The van der Waals surface area contributed by atoms with Gasteiger partial charge in [-0.25, -0.2) is 0 Å². The summed E-state index contributed by atoms with van der Waals surface area (Å²) >= 11 is 0. The van der Waals surface area contributed by atoms with Gasteiger partial charge in [-0.05, 0) is 29.6 Å². The Balaban J connectivity index is 2.24. The van der Waals surface area contributed by atoms with Gasteiger partial charge in [0.05, 0.1) is 0 Å². The van der Waals surface area contributed by atoms with Gasteiger partial charge in [0.1, 0.15) is 0 Å². The van der Waals surface area contributed by atoms with Crippen LogP contribution in [0.2, 0.25) is 0 Å². The number of alkyl halides is 3. The molecule has 0 saturated carbocycles. The molecule has 0 unspecified atom stereocenters. The molecule has 2 aliphatic rings. The minimum Gasteiger partial charge on any atom is -0.379 e. The Kier molecular flexibility index (Phi) is 2.76. The molecule has 0 fully saturated rings. The first-order valence-electron chi connectivity index (χ1n) is 5.02. The molecule has 1 N–H and O–H groups in total. The predicted octanol–water partition coefficient (Wildman–Crippen LogP) is 3.05. The molecule has 16 heavy (non-hydrogen) atoms. The molecule has 0 amide bonds. The Labute approximate surface area is 91.3 Å². The zero-order valence-electron chi connectivity index (χ0n) is 8.46. The van der Waals surface area contributed by atoms with Crippen molar-refractivity contribution >= 4 is 0 Å². The van der Waals surface area contributed by atoms with Crippen molar-refractivity contribution in [3.05, 3.63) is 47.1 Å². The minimum atomic E-state index is -4.60. The second kappa shape index (κ2) is 3.94. The lowest BCUT2D eigenvalue weighted by molar-refractivity contribution is -0.190. The summed E-state index contributed by atoms with van der Waals surface area (Å²) in [5.41, 5.74) is 1.26. The fraction of sp³-hybridized carbons (Fsp3) is 0.333. The lowest BCUT2D eigenvalue weighted by atomic mass is 9.97. The van der Waals surface area contributed by atoms with Crippen molar-refractivity contribution in [2.75, 3.05) is 0 Å². The SMILES string of the molecule is O[C@H](C1=CCC=C1C1=CCC=C1)C(F)(F)F. The van der Waals surface area contributed by atoms with E-state index in [1.54, 1.807) is 12.2 Å². The van der Waals surface area contributed by atoms with Crippen LogP contribution in [0.4, 0.5) is 13.2 Å². The average molecular weight is 228 g/mol. The molecule has 0 bridgehead atoms. The fourth-order valence-corrected chi connectivity index (χ4v) is 1.91. The normalized spacial score (nSPS) is 21.9. The van der Waals surface area contributed by atoms with E-state index >= 15 is 0 Å². The van der Waals surface area contributed by atoms with Crippen molar-refractivity contribution in [2.45, 2.75) is 25.1 Å². The Morgan fingerprint density at radius 1 is 1.12 bits per heavy atom. The van der Waals surface area contributed by atoms with Crippen LogP contribution >= 0.6 is 0 Å². The molecule has 0 radical (unpaired) electrons. The van der Waals surface area contributed by atoms with Gasteiger partial charge in [-0.3, -0.25) is 0 Å². The summed E-state index contributed by atoms with van der Waals surface area (Å²) in [6.45, 7) is 0. The lowest BCUT2D eigenvalue weighted by Crippen LogP contribution is -2.30. The summed E-state index contributed by atoms with van der Waals surface area (Å²) in [4.78, 5) is 0. The molecule has 0 aliphatic heterocycles. The van der Waals surface area contributed by atoms with E-state index in [9.17, 15) is 18.3 Å². The maximum absolute atomic E-state index is 12.4. The van der Waals surface area contributed by atoms with E-state index in [4.69, 9.17) is 0 Å². The summed E-state index contributed by atoms with van der Waals surface area (Å²) < 4.78 is 37.2. The van der Waals surface area contributed by atoms with Crippen molar-refractivity contribution in [2.24, 2.45) is 0 Å². The third kappa shape index (κ3) is 1.97. The molecule has 0 aromatic carbocycles. The first-order chi connectivity index (χ1) is 7.50. The maximum atomic E-state index is 12.4. The quantitative estimate of drug-likeness (QED) is 0.770. The highest BCUT2D eigenvalue weighted by molar-refractivity contribution is 5.58. The van der Waals surface area contributed by atoms with E-state index in [0.29, 0.717) is 12.0 Å². The van der Waals surface area contributed by atoms with E-state index in [1.165, 1.54) is 6.08 Å². The largest absolute Gasteiger partial charge is 0.418 e. The highest BCUT2D eigenvalue weighted by Crippen LogP contribution is 2.36. The van der Waals surface area contributed by atoms with Crippen LogP contribution in [-0.4, -0.2) is 17.4 Å². The van der Waals surface area contributed by atoms with Gasteiger partial charge >= 0.3 is 6.18 Å². The molecule has 0 saturated heterocycles. The highest BCUT2D eigenvalue weighted by Gasteiger charge is 2.42. The highest BCUT2D eigenvalue weighted by atomic mass is 19.4. The van der Waals surface area contributed by atoms with E-state index in [-0.39, 0.29) is 5.57 Å². The number of hydrogen-bond acceptors (Lipinski definition) is 1. The number of rotatable bonds is 2. The third-order valence-corrected chi connectivity index (χ3v) is 2.66. The molecule has 1 atom stereocenters. The van der Waals surface area contributed by atoms with Crippen LogP contribution in [0.3, 0.4) is 0 Å². The first-order valence-corrected chi connectivity index (χ1v) is 5.02. The van der Waals surface area contributed by atoms with Crippen LogP contribution in [0.15, 0.2) is 47.1 Å². The summed E-state index contributed by atoms with van der Waals surface area (Å²) in [5.74, 6) is 0. The second-order valence-corrected chi connectivity index (χ2v) is 3.75. The molecule has 86 valence electrons. The molecule has 4 heteroatoms. The molecule has 2 aliphatic carbocycles. The Hall–Kier alpha value is -1.29. The van der Waals surface area contributed by atoms with Crippen LogP contribution in [0.1, 0.15) is 12.8 Å². The minimum absolute atomic E-state index is 0.0229. The number of allylic oxidation sites excluding steroid dienone is 6. The molecule has 2 rings (SSSR count). The smallest absolute Gasteiger partial charge is 0.379 e. The molecule has 0 heterocycles. The topological polar surface area (TPSA) is 20.2 Å². The van der Waals surface area contributed by atoms with Gasteiger partial charge in [0.25, 0.3) is 0 Å². The molecular formula is C12H11F3O. The molecule has 0 aromatic heterocycles. The van der Waals surface area contributed by atoms with Gasteiger partial charge in [-0.1, -0.05) is 30.4 Å². The van der Waals surface area contributed by atoms with Crippen LogP contribution in [0.5, 0.6) is 0 Å². The van der Waals surface area contributed by atoms with Crippen LogP contribution in [0, 0.1) is 0 Å². The van der Waals surface area contributed by atoms with Crippen molar-refractivity contribution in [1.29, 1.82) is 0 Å². The Bertz CT molecular complexity index is 410. The fourth-order valence-electron chi connectivity index (χ4n) is 1.91. The zero-order chi connectivity index (χ0) is 11.8. The summed E-state index contributed by atoms with van der Waals surface area (Å²) in [6.07, 6.45) is 2.88. The van der Waals surface area contributed by atoms with Crippen molar-refractivity contribution in [3.63, 3.8) is 0 Å². The molecule has 0 spiro atoms. The van der Waals surface area contributed by atoms with Crippen LogP contribution in [-0.2, 0) is 0 Å². The Morgan fingerprint density at radius 2 is 1.88 bits per heavy atom. The van der Waals surface area contributed by atoms with Gasteiger partial charge in [0.2, 0.25) is 0 Å². The van der Waals surface area contributed by atoms with E-state index in [2.05, 4.69) is 0 Å². The first kappa shape index (κ1) is 11.2. The number of aliphatic hydroxyl groups is 1. The van der Waals surface area contributed by atoms with Crippen LogP contribution < -0.4 is 0 Å². The summed E-state index contributed by atoms with van der Waals surface area (Å²) in [7, 11) is 0. The van der Waals surface area contributed by atoms with Crippen LogP contribution in [0.25, 0.3) is 0 Å². The average Bonchev–Trinajstić information content (AvgIpc) is 2.85. The monoisotopic (exact) mass is 228 g/mol. The van der Waals surface area contributed by atoms with Crippen molar-refractivity contribution in [3.8, 4) is 0 Å². The molecule has 0 aromatic rings. The van der Waals surface area contributed by atoms with Gasteiger partial charge < -0.3 is 5.11 Å². The van der Waals surface area contributed by atoms with E-state index in [0.717, 1.165) is 12.0 Å². The van der Waals surface area contributed by atoms with Gasteiger partial charge in [0.15, 0.2) is 6.10 Å². The van der Waals surface area contributed by atoms with Gasteiger partial charge in [-0.2, -0.15) is 13.2 Å². The van der Waals surface area contributed by atoms with E-state index < -0.39 is 12.3 Å².